The van der Waals surface area contributed by atoms with Crippen LogP contribution in [0.2, 0.25) is 0 Å². The number of hydrogen-bond acceptors (Lipinski definition) is 7. The first kappa shape index (κ1) is 37.1. The van der Waals surface area contributed by atoms with Crippen LogP contribution in [0.1, 0.15) is 53.9 Å². The van der Waals surface area contributed by atoms with Crippen molar-refractivity contribution >= 4 is 32.6 Å². The number of H-pyrrole nitrogens is 1. The molecule has 49 heavy (non-hydrogen) atoms. The summed E-state index contributed by atoms with van der Waals surface area (Å²) in [5.74, 6) is -0.588. The van der Waals surface area contributed by atoms with Gasteiger partial charge in [0.2, 0.25) is 10.0 Å². The number of para-hydroxylation sites is 1. The third-order valence-corrected chi connectivity index (χ3v) is 8.45. The van der Waals surface area contributed by atoms with E-state index in [0.29, 0.717) is 28.9 Å². The molecule has 10 nitrogen and oxygen atoms in total. The first-order valence-corrected chi connectivity index (χ1v) is 18.2. The molecule has 0 radical (unpaired) electrons. The van der Waals surface area contributed by atoms with Crippen molar-refractivity contribution in [3.05, 3.63) is 119 Å². The Hall–Kier alpha value is -4.68. The van der Waals surface area contributed by atoms with Gasteiger partial charge in [-0.2, -0.15) is 0 Å². The van der Waals surface area contributed by atoms with E-state index in [4.69, 9.17) is 4.74 Å². The minimum atomic E-state index is -3.59. The van der Waals surface area contributed by atoms with Crippen LogP contribution in [0.4, 0.5) is 5.69 Å². The number of benzene rings is 4. The second-order valence-electron chi connectivity index (χ2n) is 11.8. The number of nitrogens with one attached hydrogen (secondary N) is 4. The summed E-state index contributed by atoms with van der Waals surface area (Å²) in [6, 6.07) is 27.5. The molecule has 0 amide bonds. The fourth-order valence-corrected chi connectivity index (χ4v) is 6.08. The third kappa shape index (κ3) is 10.7. The van der Waals surface area contributed by atoms with Crippen LogP contribution in [0, 0.1) is 0 Å². The number of ether oxygens (including phenoxy) is 1. The standard InChI is InChI=1S/C34H35N3O6S.C4H11N/c1-22(17-25-19-36-33-27(25)13-8-14-29(33)34(39)40)35-20-31(38)28-12-7-6-11-26(28)24-15-16-32(30(18-24)37-44(2,41)42)43-21-23-9-4-3-5-10-23;1-3-5-4-2/h3-16,18-19,22,31,35-38H,17,20-21H2,1-2H3,(H,39,40);5H,3-4H2,1-2H3/t22-,31+;/m1./s1. The molecule has 0 aliphatic heterocycles. The number of fused-ring (bicyclic) bond motifs is 1. The predicted octanol–water partition coefficient (Wildman–Crippen LogP) is 6.35. The molecule has 0 unspecified atom stereocenters. The maximum absolute atomic E-state index is 12.2. The normalized spacial score (nSPS) is 12.5. The average Bonchev–Trinajstić information content (AvgIpc) is 3.49. The Labute approximate surface area is 288 Å². The van der Waals surface area contributed by atoms with Crippen molar-refractivity contribution in [3.8, 4) is 16.9 Å². The van der Waals surface area contributed by atoms with Crippen molar-refractivity contribution in [3.63, 3.8) is 0 Å². The number of aromatic nitrogens is 1. The summed E-state index contributed by atoms with van der Waals surface area (Å²) in [5, 5.41) is 28.1. The van der Waals surface area contributed by atoms with E-state index in [0.717, 1.165) is 47.0 Å². The largest absolute Gasteiger partial charge is 0.487 e. The Morgan fingerprint density at radius 2 is 1.65 bits per heavy atom. The van der Waals surface area contributed by atoms with Crippen molar-refractivity contribution < 1.29 is 28.2 Å². The lowest BCUT2D eigenvalue weighted by molar-refractivity contribution is 0.0698. The highest BCUT2D eigenvalue weighted by molar-refractivity contribution is 7.92. The summed E-state index contributed by atoms with van der Waals surface area (Å²) in [7, 11) is -3.59. The number of hydrogen-bond donors (Lipinski definition) is 6. The lowest BCUT2D eigenvalue weighted by atomic mass is 9.95. The van der Waals surface area contributed by atoms with E-state index in [-0.39, 0.29) is 24.8 Å². The van der Waals surface area contributed by atoms with Crippen molar-refractivity contribution in [2.75, 3.05) is 30.6 Å². The molecule has 0 spiro atoms. The summed E-state index contributed by atoms with van der Waals surface area (Å²) in [5.41, 5.74) is 5.24. The topological polar surface area (TPSA) is 153 Å². The van der Waals surface area contributed by atoms with E-state index in [1.54, 1.807) is 24.3 Å². The van der Waals surface area contributed by atoms with Crippen LogP contribution in [-0.4, -0.2) is 61.5 Å². The number of carbonyl (C=O) groups is 1. The van der Waals surface area contributed by atoms with Gasteiger partial charge in [-0.15, -0.1) is 0 Å². The zero-order valence-corrected chi connectivity index (χ0v) is 29.2. The van der Waals surface area contributed by atoms with Crippen LogP contribution < -0.4 is 20.1 Å². The summed E-state index contributed by atoms with van der Waals surface area (Å²) in [6.45, 7) is 8.94. The molecule has 1 heterocycles. The van der Waals surface area contributed by atoms with Crippen LogP contribution >= 0.6 is 0 Å². The molecule has 6 N–H and O–H groups in total. The van der Waals surface area contributed by atoms with Gasteiger partial charge >= 0.3 is 5.97 Å². The van der Waals surface area contributed by atoms with Crippen molar-refractivity contribution in [1.82, 2.24) is 15.6 Å². The van der Waals surface area contributed by atoms with Gasteiger partial charge in [-0.1, -0.05) is 86.6 Å². The van der Waals surface area contributed by atoms with Gasteiger partial charge in [-0.25, -0.2) is 13.2 Å². The maximum atomic E-state index is 12.2. The molecule has 0 aliphatic rings. The molecule has 0 fully saturated rings. The summed E-state index contributed by atoms with van der Waals surface area (Å²) >= 11 is 0. The molecule has 0 saturated heterocycles. The van der Waals surface area contributed by atoms with Gasteiger partial charge in [0, 0.05) is 24.2 Å². The van der Waals surface area contributed by atoms with Crippen LogP contribution in [0.25, 0.3) is 22.0 Å². The highest BCUT2D eigenvalue weighted by atomic mass is 32.2. The first-order chi connectivity index (χ1) is 23.5. The van der Waals surface area contributed by atoms with Crippen LogP contribution in [-0.2, 0) is 23.1 Å². The Balaban J connectivity index is 0.00000101. The lowest BCUT2D eigenvalue weighted by Gasteiger charge is -2.20. The monoisotopic (exact) mass is 686 g/mol. The number of aromatic amines is 1. The number of aromatic carboxylic acids is 1. The maximum Gasteiger partial charge on any atom is 0.337 e. The molecule has 0 bridgehead atoms. The molecule has 260 valence electrons. The highest BCUT2D eigenvalue weighted by Gasteiger charge is 2.18. The smallest absolute Gasteiger partial charge is 0.337 e. The summed E-state index contributed by atoms with van der Waals surface area (Å²) in [4.78, 5) is 14.7. The number of anilines is 1. The fourth-order valence-electron chi connectivity index (χ4n) is 5.52. The first-order valence-electron chi connectivity index (χ1n) is 16.3. The quantitative estimate of drug-likeness (QED) is 0.0745. The van der Waals surface area contributed by atoms with E-state index >= 15 is 0 Å². The summed E-state index contributed by atoms with van der Waals surface area (Å²) < 4.78 is 32.9. The van der Waals surface area contributed by atoms with E-state index in [9.17, 15) is 23.4 Å². The molecule has 5 rings (SSSR count). The SMILES string of the molecule is CCNCC.C[C@H](Cc1c[nH]c2c(C(=O)O)cccc12)NC[C@H](O)c1ccccc1-c1ccc(OCc2ccccc2)c(NS(C)(=O)=O)c1. The highest BCUT2D eigenvalue weighted by Crippen LogP contribution is 2.35. The molecule has 4 aromatic carbocycles. The van der Waals surface area contributed by atoms with Crippen LogP contribution in [0.15, 0.2) is 97.2 Å². The summed E-state index contributed by atoms with van der Waals surface area (Å²) in [6.07, 6.45) is 2.70. The van der Waals surface area contributed by atoms with Gasteiger partial charge in [0.1, 0.15) is 12.4 Å². The molecule has 2 atom stereocenters. The lowest BCUT2D eigenvalue weighted by Crippen LogP contribution is -2.32. The average molecular weight is 687 g/mol. The number of sulfonamides is 1. The van der Waals surface area contributed by atoms with Crippen molar-refractivity contribution in [1.29, 1.82) is 0 Å². The zero-order valence-electron chi connectivity index (χ0n) is 28.4. The van der Waals surface area contributed by atoms with Gasteiger partial charge in [0.25, 0.3) is 0 Å². The van der Waals surface area contributed by atoms with E-state index in [2.05, 4.69) is 34.2 Å². The van der Waals surface area contributed by atoms with E-state index < -0.39 is 22.1 Å². The molecular formula is C38H46N4O6S. The molecule has 0 saturated carbocycles. The minimum Gasteiger partial charge on any atom is -0.487 e. The number of carboxylic acid groups (broad SMARTS) is 1. The number of aliphatic hydroxyl groups is 1. The number of rotatable bonds is 15. The Kier molecular flexibility index (Phi) is 13.4. The second kappa shape index (κ2) is 17.6. The Morgan fingerprint density at radius 1 is 0.939 bits per heavy atom. The molecule has 11 heteroatoms. The second-order valence-corrected chi connectivity index (χ2v) is 13.5. The minimum absolute atomic E-state index is 0.0177. The third-order valence-electron chi connectivity index (χ3n) is 7.86. The van der Waals surface area contributed by atoms with Crippen LogP contribution in [0.5, 0.6) is 5.75 Å². The zero-order chi connectivity index (χ0) is 35.4. The number of aliphatic hydroxyl groups excluding tert-OH is 1. The van der Waals surface area contributed by atoms with Gasteiger partial charge in [-0.05, 0) is 72.5 Å². The molecule has 5 aromatic rings. The fraction of sp³-hybridized carbons (Fsp3) is 0.289. The predicted molar refractivity (Wildman–Crippen MR) is 197 cm³/mol. The van der Waals surface area contributed by atoms with E-state index in [1.807, 2.05) is 79.9 Å². The Morgan fingerprint density at radius 3 is 2.33 bits per heavy atom. The molecule has 1 aromatic heterocycles. The molecule has 0 aliphatic carbocycles. The van der Waals surface area contributed by atoms with E-state index in [1.165, 1.54) is 0 Å². The van der Waals surface area contributed by atoms with Gasteiger partial charge < -0.3 is 30.6 Å². The van der Waals surface area contributed by atoms with Gasteiger partial charge in [-0.3, -0.25) is 4.72 Å². The van der Waals surface area contributed by atoms with Gasteiger partial charge in [0.05, 0.1) is 29.1 Å². The van der Waals surface area contributed by atoms with Crippen molar-refractivity contribution in [2.24, 2.45) is 0 Å². The molecular weight excluding hydrogens is 641 g/mol. The van der Waals surface area contributed by atoms with Crippen molar-refractivity contribution in [2.45, 2.75) is 45.9 Å². The Bertz CT molecular complexity index is 1930. The van der Waals surface area contributed by atoms with Crippen LogP contribution in [0.3, 0.4) is 0 Å². The van der Waals surface area contributed by atoms with Gasteiger partial charge in [0.15, 0.2) is 0 Å². The number of carboxylic acids is 1.